The van der Waals surface area contributed by atoms with E-state index in [1.807, 2.05) is 24.3 Å². The standard InChI is InChI=1S/C23H19FN2O3S/c1-26(13-19-9-5-11-28-19)23(27)21-15-30-22(25-21)16-7-4-8-18(12-16)29-14-17-6-2-3-10-20(17)24/h2-12,15H,13-14H2,1H3. The molecule has 2 aromatic heterocycles. The summed E-state index contributed by atoms with van der Waals surface area (Å²) in [5, 5.41) is 2.45. The number of benzene rings is 2. The van der Waals surface area contributed by atoms with E-state index < -0.39 is 0 Å². The first-order chi connectivity index (χ1) is 14.6. The maximum absolute atomic E-state index is 13.8. The predicted molar refractivity (Wildman–Crippen MR) is 113 cm³/mol. The van der Waals surface area contributed by atoms with Crippen LogP contribution in [0.2, 0.25) is 0 Å². The van der Waals surface area contributed by atoms with Crippen LogP contribution < -0.4 is 4.74 Å². The largest absolute Gasteiger partial charge is 0.489 e. The predicted octanol–water partition coefficient (Wildman–Crippen LogP) is 5.39. The Morgan fingerprint density at radius 1 is 1.17 bits per heavy atom. The Bertz CT molecular complexity index is 1140. The van der Waals surface area contributed by atoms with Crippen molar-refractivity contribution >= 4 is 17.2 Å². The zero-order valence-electron chi connectivity index (χ0n) is 16.2. The third kappa shape index (κ3) is 4.58. The first kappa shape index (κ1) is 19.8. The molecular formula is C23H19FN2O3S. The van der Waals surface area contributed by atoms with Crippen molar-refractivity contribution in [2.45, 2.75) is 13.2 Å². The maximum atomic E-state index is 13.8. The Labute approximate surface area is 177 Å². The van der Waals surface area contributed by atoms with Gasteiger partial charge in [0.1, 0.15) is 34.6 Å². The van der Waals surface area contributed by atoms with Crippen LogP contribution in [0.5, 0.6) is 5.75 Å². The average Bonchev–Trinajstić information content (AvgIpc) is 3.45. The molecule has 0 fully saturated rings. The molecule has 0 saturated carbocycles. The molecule has 7 heteroatoms. The minimum atomic E-state index is -0.296. The highest BCUT2D eigenvalue weighted by Crippen LogP contribution is 2.28. The molecule has 0 bridgehead atoms. The van der Waals surface area contributed by atoms with E-state index >= 15 is 0 Å². The molecule has 30 heavy (non-hydrogen) atoms. The monoisotopic (exact) mass is 422 g/mol. The molecule has 0 unspecified atom stereocenters. The van der Waals surface area contributed by atoms with E-state index in [1.165, 1.54) is 17.4 Å². The van der Waals surface area contributed by atoms with Gasteiger partial charge < -0.3 is 14.1 Å². The summed E-state index contributed by atoms with van der Waals surface area (Å²) < 4.78 is 24.8. The minimum absolute atomic E-state index is 0.134. The van der Waals surface area contributed by atoms with Crippen molar-refractivity contribution < 1.29 is 18.3 Å². The van der Waals surface area contributed by atoms with Crippen molar-refractivity contribution in [3.05, 3.63) is 95.1 Å². The topological polar surface area (TPSA) is 55.6 Å². The summed E-state index contributed by atoms with van der Waals surface area (Å²) in [5.41, 5.74) is 1.70. The molecule has 0 spiro atoms. The van der Waals surface area contributed by atoms with Gasteiger partial charge in [-0.2, -0.15) is 0 Å². The summed E-state index contributed by atoms with van der Waals surface area (Å²) in [6.07, 6.45) is 1.58. The number of ether oxygens (including phenoxy) is 1. The van der Waals surface area contributed by atoms with E-state index in [0.29, 0.717) is 34.3 Å². The second-order valence-corrected chi connectivity index (χ2v) is 7.54. The van der Waals surface area contributed by atoms with Crippen molar-refractivity contribution in [3.63, 3.8) is 0 Å². The number of nitrogens with zero attached hydrogens (tertiary/aromatic N) is 2. The van der Waals surface area contributed by atoms with Gasteiger partial charge in [0, 0.05) is 23.6 Å². The number of rotatable bonds is 7. The molecule has 0 aliphatic heterocycles. The number of amides is 1. The minimum Gasteiger partial charge on any atom is -0.489 e. The van der Waals surface area contributed by atoms with Crippen LogP contribution in [0, 0.1) is 5.82 Å². The van der Waals surface area contributed by atoms with Gasteiger partial charge in [-0.05, 0) is 30.3 Å². The summed E-state index contributed by atoms with van der Waals surface area (Å²) in [4.78, 5) is 18.7. The quantitative estimate of drug-likeness (QED) is 0.401. The van der Waals surface area contributed by atoms with E-state index in [4.69, 9.17) is 9.15 Å². The number of carbonyl (C=O) groups excluding carboxylic acids is 1. The van der Waals surface area contributed by atoms with E-state index in [2.05, 4.69) is 4.98 Å². The summed E-state index contributed by atoms with van der Waals surface area (Å²) in [7, 11) is 1.71. The molecule has 0 radical (unpaired) electrons. The van der Waals surface area contributed by atoms with Crippen LogP contribution in [-0.2, 0) is 13.2 Å². The van der Waals surface area contributed by atoms with E-state index in [-0.39, 0.29) is 18.3 Å². The van der Waals surface area contributed by atoms with Crippen LogP contribution in [0.25, 0.3) is 10.6 Å². The first-order valence-electron chi connectivity index (χ1n) is 9.30. The highest BCUT2D eigenvalue weighted by atomic mass is 32.1. The maximum Gasteiger partial charge on any atom is 0.273 e. The van der Waals surface area contributed by atoms with Crippen molar-refractivity contribution in [1.29, 1.82) is 0 Å². The molecule has 0 aliphatic rings. The zero-order valence-corrected chi connectivity index (χ0v) is 17.1. The number of thiazole rings is 1. The second-order valence-electron chi connectivity index (χ2n) is 6.69. The number of halogens is 1. The third-order valence-electron chi connectivity index (χ3n) is 4.48. The molecule has 152 valence electrons. The number of aromatic nitrogens is 1. The van der Waals surface area contributed by atoms with Crippen LogP contribution >= 0.6 is 11.3 Å². The van der Waals surface area contributed by atoms with Crippen molar-refractivity contribution in [1.82, 2.24) is 9.88 Å². The zero-order chi connectivity index (χ0) is 20.9. The number of hydrogen-bond donors (Lipinski definition) is 0. The molecule has 2 heterocycles. The molecule has 0 N–H and O–H groups in total. The van der Waals surface area contributed by atoms with Crippen LogP contribution in [0.4, 0.5) is 4.39 Å². The van der Waals surface area contributed by atoms with Gasteiger partial charge >= 0.3 is 0 Å². The normalized spacial score (nSPS) is 10.7. The Morgan fingerprint density at radius 3 is 2.83 bits per heavy atom. The average molecular weight is 422 g/mol. The Kier molecular flexibility index (Phi) is 5.90. The molecule has 4 aromatic rings. The van der Waals surface area contributed by atoms with Gasteiger partial charge in [0.2, 0.25) is 0 Å². The van der Waals surface area contributed by atoms with Crippen molar-refractivity contribution in [2.75, 3.05) is 7.05 Å². The fraction of sp³-hybridized carbons (Fsp3) is 0.130. The molecular weight excluding hydrogens is 403 g/mol. The van der Waals surface area contributed by atoms with Gasteiger partial charge in [-0.15, -0.1) is 11.3 Å². The van der Waals surface area contributed by atoms with Crippen LogP contribution in [0.15, 0.2) is 76.7 Å². The molecule has 4 rings (SSSR count). The highest BCUT2D eigenvalue weighted by molar-refractivity contribution is 7.13. The van der Waals surface area contributed by atoms with Crippen molar-refractivity contribution in [3.8, 4) is 16.3 Å². The van der Waals surface area contributed by atoms with E-state index in [0.717, 1.165) is 5.56 Å². The molecule has 5 nitrogen and oxygen atoms in total. The van der Waals surface area contributed by atoms with Crippen LogP contribution in [0.3, 0.4) is 0 Å². The smallest absolute Gasteiger partial charge is 0.273 e. The van der Waals surface area contributed by atoms with Gasteiger partial charge in [-0.25, -0.2) is 9.37 Å². The number of carbonyl (C=O) groups is 1. The molecule has 1 amide bonds. The molecule has 0 saturated heterocycles. The van der Waals surface area contributed by atoms with Gasteiger partial charge in [0.25, 0.3) is 5.91 Å². The Morgan fingerprint density at radius 2 is 2.03 bits per heavy atom. The summed E-state index contributed by atoms with van der Waals surface area (Å²) >= 11 is 1.38. The lowest BCUT2D eigenvalue weighted by atomic mass is 10.2. The molecule has 2 aromatic carbocycles. The Balaban J connectivity index is 1.44. The van der Waals surface area contributed by atoms with Gasteiger partial charge in [-0.3, -0.25) is 4.79 Å². The van der Waals surface area contributed by atoms with E-state index in [1.54, 1.807) is 53.9 Å². The highest BCUT2D eigenvalue weighted by Gasteiger charge is 2.17. The fourth-order valence-electron chi connectivity index (χ4n) is 2.90. The summed E-state index contributed by atoms with van der Waals surface area (Å²) in [6, 6.07) is 17.5. The number of furan rings is 1. The van der Waals surface area contributed by atoms with Crippen LogP contribution in [0.1, 0.15) is 21.8 Å². The molecule has 0 aliphatic carbocycles. The molecule has 0 atom stereocenters. The van der Waals surface area contributed by atoms with E-state index in [9.17, 15) is 9.18 Å². The lowest BCUT2D eigenvalue weighted by Gasteiger charge is -2.13. The summed E-state index contributed by atoms with van der Waals surface area (Å²) in [6.45, 7) is 0.507. The van der Waals surface area contributed by atoms with Gasteiger partial charge in [0.15, 0.2) is 0 Å². The summed E-state index contributed by atoms with van der Waals surface area (Å²) in [5.74, 6) is 0.839. The SMILES string of the molecule is CN(Cc1ccco1)C(=O)c1csc(-c2cccc(OCc3ccccc3F)c2)n1. The van der Waals surface area contributed by atoms with Crippen molar-refractivity contribution in [2.24, 2.45) is 0 Å². The van der Waals surface area contributed by atoms with Gasteiger partial charge in [-0.1, -0.05) is 30.3 Å². The third-order valence-corrected chi connectivity index (χ3v) is 5.37. The van der Waals surface area contributed by atoms with Gasteiger partial charge in [0.05, 0.1) is 12.8 Å². The first-order valence-corrected chi connectivity index (χ1v) is 10.2. The lowest BCUT2D eigenvalue weighted by Crippen LogP contribution is -2.26. The van der Waals surface area contributed by atoms with Crippen LogP contribution in [-0.4, -0.2) is 22.8 Å². The second kappa shape index (κ2) is 8.92. The lowest BCUT2D eigenvalue weighted by molar-refractivity contribution is 0.0770. The number of hydrogen-bond acceptors (Lipinski definition) is 5. The Hall–Kier alpha value is -3.45. The fourth-order valence-corrected chi connectivity index (χ4v) is 3.69.